The SMILES string of the molecule is CC(C)(C(=O)O)S(=O)(=O)Cc1c(Cl)cccc1[N+](=O)[O-]. The number of sulfone groups is 1. The molecule has 0 fully saturated rings. The summed E-state index contributed by atoms with van der Waals surface area (Å²) in [6, 6.07) is 3.75. The first-order valence-electron chi connectivity index (χ1n) is 5.38. The lowest BCUT2D eigenvalue weighted by atomic mass is 10.2. The van der Waals surface area contributed by atoms with Gasteiger partial charge in [0.1, 0.15) is 0 Å². The van der Waals surface area contributed by atoms with Gasteiger partial charge in [-0.2, -0.15) is 0 Å². The van der Waals surface area contributed by atoms with Crippen LogP contribution in [-0.4, -0.2) is 29.2 Å². The monoisotopic (exact) mass is 321 g/mol. The second kappa shape index (κ2) is 5.37. The number of hydrogen-bond acceptors (Lipinski definition) is 5. The van der Waals surface area contributed by atoms with Crippen LogP contribution in [0, 0.1) is 10.1 Å². The van der Waals surface area contributed by atoms with E-state index in [0.717, 1.165) is 19.9 Å². The molecule has 0 aromatic heterocycles. The predicted octanol–water partition coefficient (Wildman–Crippen LogP) is 2.03. The zero-order chi connectivity index (χ0) is 15.7. The first-order chi connectivity index (χ1) is 9.00. The average Bonchev–Trinajstić information content (AvgIpc) is 2.30. The van der Waals surface area contributed by atoms with E-state index in [-0.39, 0.29) is 10.6 Å². The lowest BCUT2D eigenvalue weighted by Crippen LogP contribution is -2.41. The van der Waals surface area contributed by atoms with Gasteiger partial charge in [0.15, 0.2) is 14.6 Å². The molecule has 0 heterocycles. The summed E-state index contributed by atoms with van der Waals surface area (Å²) in [4.78, 5) is 21.1. The number of halogens is 1. The van der Waals surface area contributed by atoms with Crippen LogP contribution in [0.15, 0.2) is 18.2 Å². The summed E-state index contributed by atoms with van der Waals surface area (Å²) in [6.07, 6.45) is 0. The van der Waals surface area contributed by atoms with Crippen LogP contribution in [0.2, 0.25) is 5.02 Å². The molecule has 0 spiro atoms. The molecule has 0 aliphatic heterocycles. The zero-order valence-electron chi connectivity index (χ0n) is 10.7. The summed E-state index contributed by atoms with van der Waals surface area (Å²) in [7, 11) is -4.18. The molecular formula is C11H12ClNO6S. The highest BCUT2D eigenvalue weighted by molar-refractivity contribution is 7.92. The Hall–Kier alpha value is -1.67. The van der Waals surface area contributed by atoms with Crippen molar-refractivity contribution in [3.8, 4) is 0 Å². The Balaban J connectivity index is 3.37. The molecule has 9 heteroatoms. The average molecular weight is 322 g/mol. The predicted molar refractivity (Wildman–Crippen MR) is 72.4 cm³/mol. The van der Waals surface area contributed by atoms with Gasteiger partial charge in [0.2, 0.25) is 0 Å². The van der Waals surface area contributed by atoms with E-state index in [4.69, 9.17) is 16.7 Å². The minimum atomic E-state index is -4.18. The summed E-state index contributed by atoms with van der Waals surface area (Å²) in [5.41, 5.74) is -0.671. The van der Waals surface area contributed by atoms with Crippen molar-refractivity contribution in [1.82, 2.24) is 0 Å². The molecular weight excluding hydrogens is 310 g/mol. The molecule has 0 bridgehead atoms. The largest absolute Gasteiger partial charge is 0.480 e. The molecule has 0 aliphatic rings. The first kappa shape index (κ1) is 16.4. The minimum absolute atomic E-state index is 0.0936. The molecule has 1 N–H and O–H groups in total. The van der Waals surface area contributed by atoms with Crippen LogP contribution in [-0.2, 0) is 20.4 Å². The third-order valence-electron chi connectivity index (χ3n) is 2.92. The van der Waals surface area contributed by atoms with Gasteiger partial charge in [-0.1, -0.05) is 17.7 Å². The van der Waals surface area contributed by atoms with Crippen LogP contribution >= 0.6 is 11.6 Å². The lowest BCUT2D eigenvalue weighted by Gasteiger charge is -2.19. The molecule has 0 saturated carbocycles. The molecule has 110 valence electrons. The summed E-state index contributed by atoms with van der Waals surface area (Å²) in [5, 5.41) is 19.7. The maximum atomic E-state index is 12.1. The van der Waals surface area contributed by atoms with E-state index in [1.807, 2.05) is 0 Å². The Morgan fingerprint density at radius 3 is 2.45 bits per heavy atom. The van der Waals surface area contributed by atoms with Crippen molar-refractivity contribution >= 4 is 33.1 Å². The van der Waals surface area contributed by atoms with Gasteiger partial charge < -0.3 is 5.11 Å². The van der Waals surface area contributed by atoms with Crippen molar-refractivity contribution in [2.45, 2.75) is 24.3 Å². The molecule has 1 rings (SSSR count). The number of carbonyl (C=O) groups is 1. The van der Waals surface area contributed by atoms with Gasteiger partial charge in [-0.05, 0) is 19.9 Å². The van der Waals surface area contributed by atoms with Crippen LogP contribution < -0.4 is 0 Å². The summed E-state index contributed by atoms with van der Waals surface area (Å²) < 4.78 is 22.2. The van der Waals surface area contributed by atoms with Gasteiger partial charge in [0.05, 0.1) is 21.3 Å². The van der Waals surface area contributed by atoms with E-state index in [1.54, 1.807) is 0 Å². The van der Waals surface area contributed by atoms with Gasteiger partial charge in [-0.25, -0.2) is 8.42 Å². The number of nitro groups is 1. The van der Waals surface area contributed by atoms with Gasteiger partial charge in [0, 0.05) is 6.07 Å². The Bertz CT molecular complexity index is 667. The summed E-state index contributed by atoms with van der Waals surface area (Å²) in [6.45, 7) is 2.04. The van der Waals surface area contributed by atoms with E-state index >= 15 is 0 Å². The number of aliphatic carboxylic acids is 1. The lowest BCUT2D eigenvalue weighted by molar-refractivity contribution is -0.385. The highest BCUT2D eigenvalue weighted by atomic mass is 35.5. The van der Waals surface area contributed by atoms with Gasteiger partial charge in [-0.3, -0.25) is 14.9 Å². The van der Waals surface area contributed by atoms with Gasteiger partial charge in [-0.15, -0.1) is 0 Å². The highest BCUT2D eigenvalue weighted by Gasteiger charge is 2.43. The van der Waals surface area contributed by atoms with Crippen molar-refractivity contribution in [1.29, 1.82) is 0 Å². The van der Waals surface area contributed by atoms with Crippen molar-refractivity contribution in [3.63, 3.8) is 0 Å². The first-order valence-corrected chi connectivity index (χ1v) is 7.41. The Morgan fingerprint density at radius 1 is 1.45 bits per heavy atom. The number of nitrogens with zero attached hydrogens (tertiary/aromatic N) is 1. The third kappa shape index (κ3) is 2.91. The molecule has 20 heavy (non-hydrogen) atoms. The topological polar surface area (TPSA) is 115 Å². The van der Waals surface area contributed by atoms with E-state index in [2.05, 4.69) is 0 Å². The fraction of sp³-hybridized carbons (Fsp3) is 0.364. The van der Waals surface area contributed by atoms with E-state index in [0.29, 0.717) is 0 Å². The van der Waals surface area contributed by atoms with Crippen LogP contribution in [0.3, 0.4) is 0 Å². The molecule has 0 saturated heterocycles. The number of nitro benzene ring substituents is 1. The molecule has 1 aromatic rings. The van der Waals surface area contributed by atoms with Gasteiger partial charge >= 0.3 is 5.97 Å². The molecule has 0 radical (unpaired) electrons. The fourth-order valence-corrected chi connectivity index (χ4v) is 2.99. The molecule has 0 atom stereocenters. The minimum Gasteiger partial charge on any atom is -0.480 e. The zero-order valence-corrected chi connectivity index (χ0v) is 12.2. The van der Waals surface area contributed by atoms with Crippen molar-refractivity contribution in [2.75, 3.05) is 0 Å². The van der Waals surface area contributed by atoms with Gasteiger partial charge in [0.25, 0.3) is 5.69 Å². The van der Waals surface area contributed by atoms with Crippen molar-refractivity contribution in [2.24, 2.45) is 0 Å². The second-order valence-corrected chi connectivity index (χ2v) is 7.52. The standard InChI is InChI=1S/C11H12ClNO6S/c1-11(2,10(14)15)20(18,19)6-7-8(12)4-3-5-9(7)13(16)17/h3-5H,6H2,1-2H3,(H,14,15). The number of benzene rings is 1. The Morgan fingerprint density at radius 2 is 2.00 bits per heavy atom. The van der Waals surface area contributed by atoms with Crippen LogP contribution in [0.1, 0.15) is 19.4 Å². The van der Waals surface area contributed by atoms with Crippen LogP contribution in [0.4, 0.5) is 5.69 Å². The summed E-state index contributed by atoms with van der Waals surface area (Å²) in [5.74, 6) is -2.35. The normalized spacial score (nSPS) is 12.2. The molecule has 0 aliphatic carbocycles. The third-order valence-corrected chi connectivity index (χ3v) is 5.67. The number of carboxylic acid groups (broad SMARTS) is 1. The van der Waals surface area contributed by atoms with Crippen LogP contribution in [0.25, 0.3) is 0 Å². The Kier molecular flexibility index (Phi) is 4.40. The maximum Gasteiger partial charge on any atom is 0.324 e. The second-order valence-electron chi connectivity index (χ2n) is 4.57. The van der Waals surface area contributed by atoms with Crippen molar-refractivity contribution in [3.05, 3.63) is 38.9 Å². The Labute approximate surface area is 120 Å². The highest BCUT2D eigenvalue weighted by Crippen LogP contribution is 2.31. The molecule has 1 aromatic carbocycles. The molecule has 7 nitrogen and oxygen atoms in total. The molecule has 0 amide bonds. The van der Waals surface area contributed by atoms with Crippen molar-refractivity contribution < 1.29 is 23.2 Å². The number of carboxylic acids is 1. The van der Waals surface area contributed by atoms with E-state index in [1.165, 1.54) is 12.1 Å². The maximum absolute atomic E-state index is 12.1. The number of rotatable bonds is 5. The molecule has 0 unspecified atom stereocenters. The number of hydrogen-bond donors (Lipinski definition) is 1. The summed E-state index contributed by atoms with van der Waals surface area (Å²) >= 11 is 5.79. The van der Waals surface area contributed by atoms with Crippen LogP contribution in [0.5, 0.6) is 0 Å². The van der Waals surface area contributed by atoms with E-state index < -0.39 is 36.9 Å². The van der Waals surface area contributed by atoms with E-state index in [9.17, 15) is 23.3 Å². The quantitative estimate of drug-likeness (QED) is 0.655. The smallest absolute Gasteiger partial charge is 0.324 e. The fourth-order valence-electron chi connectivity index (χ4n) is 1.36.